The van der Waals surface area contributed by atoms with Crippen LogP contribution in [-0.4, -0.2) is 98.9 Å². The maximum atomic E-state index is 13.8. The molecule has 10 nitrogen and oxygen atoms in total. The van der Waals surface area contributed by atoms with E-state index in [1.807, 2.05) is 30.3 Å². The van der Waals surface area contributed by atoms with Gasteiger partial charge in [0.1, 0.15) is 11.5 Å². The summed E-state index contributed by atoms with van der Waals surface area (Å²) >= 11 is 0. The molecule has 0 aliphatic carbocycles. The minimum Gasteiger partial charge on any atom is -0.457 e. The van der Waals surface area contributed by atoms with E-state index in [2.05, 4.69) is 10.2 Å². The van der Waals surface area contributed by atoms with E-state index in [-0.39, 0.29) is 43.1 Å². The van der Waals surface area contributed by atoms with Gasteiger partial charge in [0, 0.05) is 19.6 Å². The molecule has 5 rings (SSSR count). The van der Waals surface area contributed by atoms with Crippen LogP contribution in [0.2, 0.25) is 0 Å². The number of carbonyl (C=O) groups is 1. The second-order valence-corrected chi connectivity index (χ2v) is 12.9. The summed E-state index contributed by atoms with van der Waals surface area (Å²) in [6.45, 7) is 3.68. The number of ether oxygens (including phenoxy) is 3. The first-order valence-corrected chi connectivity index (χ1v) is 16.1. The Morgan fingerprint density at radius 3 is 2.46 bits per heavy atom. The van der Waals surface area contributed by atoms with Gasteiger partial charge in [0.05, 0.1) is 48.9 Å². The van der Waals surface area contributed by atoms with E-state index in [0.717, 1.165) is 19.6 Å². The molecule has 0 saturated carbocycles. The number of sulfonamides is 1. The molecule has 2 N–H and O–H groups in total. The van der Waals surface area contributed by atoms with E-state index in [1.165, 1.54) is 35.7 Å². The quantitative estimate of drug-likeness (QED) is 0.460. The standard InChI is InChI=1S/C30H41N3O7S/c34-23-20-33(41(36,37)27-12-9-25(10-13-27)39-24-7-3-1-4-8-24)28-14-11-26(40-29(28)22-38-21-23)19-30(35)31-15-18-32-16-5-2-6-17-32/h1,3-4,7-10,12-13,23,26,28-29,34H,2,5-6,11,14-22H2,(H,31,35)/t23-,26+,28-,29+/m0/s1. The first kappa shape index (κ1) is 29.9. The highest BCUT2D eigenvalue weighted by molar-refractivity contribution is 7.89. The van der Waals surface area contributed by atoms with Gasteiger partial charge in [0.25, 0.3) is 0 Å². The third-order valence-corrected chi connectivity index (χ3v) is 9.86. The third-order valence-electron chi connectivity index (χ3n) is 7.95. The van der Waals surface area contributed by atoms with E-state index in [0.29, 0.717) is 30.9 Å². The van der Waals surface area contributed by atoms with E-state index in [9.17, 15) is 18.3 Å². The number of nitrogens with one attached hydrogen (secondary N) is 1. The van der Waals surface area contributed by atoms with E-state index >= 15 is 0 Å². The Morgan fingerprint density at radius 1 is 0.976 bits per heavy atom. The van der Waals surface area contributed by atoms with Gasteiger partial charge in [0.2, 0.25) is 15.9 Å². The van der Waals surface area contributed by atoms with Crippen LogP contribution in [0.1, 0.15) is 38.5 Å². The number of aliphatic hydroxyl groups is 1. The Bertz CT molecular complexity index is 1220. The lowest BCUT2D eigenvalue weighted by molar-refractivity contribution is -0.146. The number of hydrogen-bond donors (Lipinski definition) is 2. The van der Waals surface area contributed by atoms with Gasteiger partial charge in [-0.05, 0) is 75.2 Å². The second kappa shape index (κ2) is 14.1. The van der Waals surface area contributed by atoms with Crippen LogP contribution in [0, 0.1) is 0 Å². The number of benzene rings is 2. The molecule has 0 spiro atoms. The van der Waals surface area contributed by atoms with Crippen molar-refractivity contribution in [3.8, 4) is 11.5 Å². The lowest BCUT2D eigenvalue weighted by atomic mass is 9.96. The molecule has 2 aromatic rings. The van der Waals surface area contributed by atoms with Crippen molar-refractivity contribution in [1.82, 2.24) is 14.5 Å². The molecular weight excluding hydrogens is 546 g/mol. The molecule has 11 heteroatoms. The fraction of sp³-hybridized carbons (Fsp3) is 0.567. The molecule has 3 saturated heterocycles. The zero-order chi connectivity index (χ0) is 28.7. The first-order chi connectivity index (χ1) is 19.9. The number of likely N-dealkylation sites (tertiary alicyclic amines) is 1. The van der Waals surface area contributed by atoms with Gasteiger partial charge >= 0.3 is 0 Å². The fourth-order valence-electron chi connectivity index (χ4n) is 5.83. The van der Waals surface area contributed by atoms with Crippen molar-refractivity contribution in [1.29, 1.82) is 0 Å². The molecule has 3 aliphatic heterocycles. The molecule has 3 heterocycles. The van der Waals surface area contributed by atoms with Crippen LogP contribution < -0.4 is 10.1 Å². The average molecular weight is 588 g/mol. The number of rotatable bonds is 9. The van der Waals surface area contributed by atoms with Crippen molar-refractivity contribution in [3.05, 3.63) is 54.6 Å². The maximum absolute atomic E-state index is 13.8. The molecular formula is C30H41N3O7S. The molecule has 1 amide bonds. The Kier molecular flexibility index (Phi) is 10.3. The lowest BCUT2D eigenvalue weighted by Crippen LogP contribution is -2.57. The van der Waals surface area contributed by atoms with Gasteiger partial charge < -0.3 is 29.5 Å². The summed E-state index contributed by atoms with van der Waals surface area (Å²) in [4.78, 5) is 15.1. The summed E-state index contributed by atoms with van der Waals surface area (Å²) < 4.78 is 46.8. The molecule has 41 heavy (non-hydrogen) atoms. The summed E-state index contributed by atoms with van der Waals surface area (Å²) in [6.07, 6.45) is 3.14. The molecule has 3 fully saturated rings. The number of nitrogens with zero attached hydrogens (tertiary/aromatic N) is 2. The van der Waals surface area contributed by atoms with Gasteiger partial charge in [-0.3, -0.25) is 4.79 Å². The minimum absolute atomic E-state index is 0.00407. The van der Waals surface area contributed by atoms with Crippen LogP contribution in [0.3, 0.4) is 0 Å². The zero-order valence-corrected chi connectivity index (χ0v) is 24.2. The number of piperidine rings is 1. The fourth-order valence-corrected chi connectivity index (χ4v) is 7.54. The summed E-state index contributed by atoms with van der Waals surface area (Å²) in [5.74, 6) is 1.12. The average Bonchev–Trinajstić information content (AvgIpc) is 2.97. The van der Waals surface area contributed by atoms with Gasteiger partial charge in [-0.15, -0.1) is 0 Å². The maximum Gasteiger partial charge on any atom is 0.243 e. The molecule has 2 aromatic carbocycles. The van der Waals surface area contributed by atoms with Gasteiger partial charge in [-0.25, -0.2) is 8.42 Å². The Morgan fingerprint density at radius 2 is 1.71 bits per heavy atom. The molecule has 0 unspecified atom stereocenters. The van der Waals surface area contributed by atoms with Crippen molar-refractivity contribution in [2.75, 3.05) is 45.9 Å². The van der Waals surface area contributed by atoms with Crippen molar-refractivity contribution in [2.24, 2.45) is 0 Å². The van der Waals surface area contributed by atoms with E-state index in [1.54, 1.807) is 12.1 Å². The number of para-hydroxylation sites is 1. The van der Waals surface area contributed by atoms with Gasteiger partial charge in [0.15, 0.2) is 0 Å². The lowest BCUT2D eigenvalue weighted by Gasteiger charge is -2.43. The van der Waals surface area contributed by atoms with Crippen LogP contribution >= 0.6 is 0 Å². The minimum atomic E-state index is -3.96. The largest absolute Gasteiger partial charge is 0.457 e. The first-order valence-electron chi connectivity index (χ1n) is 14.6. The number of amides is 1. The third kappa shape index (κ3) is 8.06. The number of β-amino-alcohol motifs (C(OH)–C–C–N with tert-alkyl or cyclic N) is 1. The number of hydrogen-bond acceptors (Lipinski definition) is 8. The van der Waals surface area contributed by atoms with Crippen LogP contribution in [0.4, 0.5) is 0 Å². The monoisotopic (exact) mass is 587 g/mol. The van der Waals surface area contributed by atoms with E-state index < -0.39 is 28.3 Å². The van der Waals surface area contributed by atoms with Crippen molar-refractivity contribution < 1.29 is 32.5 Å². The topological polar surface area (TPSA) is 118 Å². The highest BCUT2D eigenvalue weighted by Crippen LogP contribution is 2.32. The molecule has 0 bridgehead atoms. The second-order valence-electron chi connectivity index (χ2n) is 11.1. The summed E-state index contributed by atoms with van der Waals surface area (Å²) in [7, 11) is -3.96. The van der Waals surface area contributed by atoms with Crippen molar-refractivity contribution in [2.45, 2.75) is 67.8 Å². The highest BCUT2D eigenvalue weighted by Gasteiger charge is 2.43. The van der Waals surface area contributed by atoms with Crippen molar-refractivity contribution >= 4 is 15.9 Å². The van der Waals surface area contributed by atoms with Crippen LogP contribution in [0.5, 0.6) is 11.5 Å². The SMILES string of the molecule is O=C(C[C@H]1CC[C@H]2[C@@H](COC[C@@H](O)CN2S(=O)(=O)c2ccc(Oc3ccccc3)cc2)O1)NCCN1CCCCC1. The number of aliphatic hydroxyl groups excluding tert-OH is 1. The highest BCUT2D eigenvalue weighted by atomic mass is 32.2. The predicted molar refractivity (Wildman–Crippen MR) is 153 cm³/mol. The summed E-state index contributed by atoms with van der Waals surface area (Å²) in [5, 5.41) is 13.5. The van der Waals surface area contributed by atoms with Gasteiger partial charge in [-0.2, -0.15) is 4.31 Å². The summed E-state index contributed by atoms with van der Waals surface area (Å²) in [5.41, 5.74) is 0. The molecule has 3 aliphatic rings. The van der Waals surface area contributed by atoms with Crippen molar-refractivity contribution in [3.63, 3.8) is 0 Å². The summed E-state index contributed by atoms with van der Waals surface area (Å²) in [6, 6.07) is 15.0. The molecule has 224 valence electrons. The Hall–Kier alpha value is -2.54. The normalized spacial score (nSPS) is 26.4. The van der Waals surface area contributed by atoms with E-state index in [4.69, 9.17) is 14.2 Å². The van der Waals surface area contributed by atoms with Crippen LogP contribution in [-0.2, 0) is 24.3 Å². The van der Waals surface area contributed by atoms with Gasteiger partial charge in [-0.1, -0.05) is 24.6 Å². The van der Waals surface area contributed by atoms with Crippen LogP contribution in [0.15, 0.2) is 59.5 Å². The smallest absolute Gasteiger partial charge is 0.243 e. The number of carbonyl (C=O) groups excluding carboxylic acids is 1. The zero-order valence-electron chi connectivity index (χ0n) is 23.4. The predicted octanol–water partition coefficient (Wildman–Crippen LogP) is 2.77. The van der Waals surface area contributed by atoms with Crippen LogP contribution in [0.25, 0.3) is 0 Å². The molecule has 4 atom stereocenters. The Balaban J connectivity index is 1.21. The molecule has 0 radical (unpaired) electrons. The number of fused-ring (bicyclic) bond motifs is 1. The Labute approximate surface area is 242 Å². The molecule has 0 aromatic heterocycles.